The van der Waals surface area contributed by atoms with Crippen LogP contribution in [0.2, 0.25) is 0 Å². The molecule has 1 aromatic carbocycles. The van der Waals surface area contributed by atoms with Crippen molar-refractivity contribution in [2.45, 2.75) is 45.8 Å². The summed E-state index contributed by atoms with van der Waals surface area (Å²) in [5, 5.41) is 5.50. The lowest BCUT2D eigenvalue weighted by atomic mass is 10.0. The van der Waals surface area contributed by atoms with Crippen LogP contribution in [0.1, 0.15) is 34.1 Å². The Bertz CT molecular complexity index is 1400. The fourth-order valence-electron chi connectivity index (χ4n) is 3.76. The third-order valence-electron chi connectivity index (χ3n) is 5.59. The molecule has 3 N–H and O–H groups in total. The van der Waals surface area contributed by atoms with Crippen molar-refractivity contribution in [3.63, 3.8) is 0 Å². The number of carbonyl (C=O) groups excluding carboxylic acids is 1. The van der Waals surface area contributed by atoms with Crippen LogP contribution in [0, 0.1) is 0 Å². The monoisotopic (exact) mass is 489 g/mol. The van der Waals surface area contributed by atoms with Crippen LogP contribution < -0.4 is 20.5 Å². The Hall–Kier alpha value is -4.14. The molecule has 0 aliphatic rings. The molecular formula is C27H31N5O4. The molecule has 3 heterocycles. The zero-order valence-electron chi connectivity index (χ0n) is 21.2. The van der Waals surface area contributed by atoms with Crippen LogP contribution in [0.25, 0.3) is 32.9 Å². The summed E-state index contributed by atoms with van der Waals surface area (Å²) >= 11 is 0. The summed E-state index contributed by atoms with van der Waals surface area (Å²) in [4.78, 5) is 25.5. The van der Waals surface area contributed by atoms with Gasteiger partial charge in [-0.15, -0.1) is 0 Å². The lowest BCUT2D eigenvalue weighted by Crippen LogP contribution is -2.41. The predicted octanol–water partition coefficient (Wildman–Crippen LogP) is 5.12. The van der Waals surface area contributed by atoms with Gasteiger partial charge in [0.1, 0.15) is 29.5 Å². The second kappa shape index (κ2) is 10.2. The maximum atomic E-state index is 12.1. The molecule has 0 fully saturated rings. The molecule has 0 spiro atoms. The van der Waals surface area contributed by atoms with Gasteiger partial charge < -0.3 is 25.3 Å². The van der Waals surface area contributed by atoms with Crippen LogP contribution in [-0.2, 0) is 4.74 Å². The molecule has 3 aromatic heterocycles. The quantitative estimate of drug-likeness (QED) is 0.343. The molecule has 9 nitrogen and oxygen atoms in total. The number of carbonyl (C=O) groups is 1. The number of nitrogens with two attached hydrogens (primary N) is 1. The Labute approximate surface area is 210 Å². The normalized spacial score (nSPS) is 12.4. The van der Waals surface area contributed by atoms with Crippen LogP contribution >= 0.6 is 0 Å². The number of ether oxygens (including phenoxy) is 3. The number of alkyl carbamates (subject to hydrolysis) is 1. The topological polar surface area (TPSA) is 121 Å². The van der Waals surface area contributed by atoms with Gasteiger partial charge in [-0.25, -0.2) is 9.78 Å². The first-order valence-corrected chi connectivity index (χ1v) is 11.8. The Morgan fingerprint density at radius 1 is 1.06 bits per heavy atom. The highest BCUT2D eigenvalue weighted by Gasteiger charge is 2.19. The minimum atomic E-state index is -0.566. The first-order chi connectivity index (χ1) is 17.2. The number of nitrogens with zero attached hydrogens (tertiary/aromatic N) is 3. The number of nitrogen functional groups attached to an aromatic ring is 1. The molecule has 4 aromatic rings. The smallest absolute Gasteiger partial charge is 0.407 e. The fourth-order valence-corrected chi connectivity index (χ4v) is 3.76. The molecule has 0 radical (unpaired) electrons. The van der Waals surface area contributed by atoms with E-state index >= 15 is 0 Å². The van der Waals surface area contributed by atoms with Gasteiger partial charge in [0.15, 0.2) is 0 Å². The first-order valence-electron chi connectivity index (χ1n) is 11.8. The summed E-state index contributed by atoms with van der Waals surface area (Å²) in [6.07, 6.45) is 5.27. The molecule has 0 unspecified atom stereocenters. The average molecular weight is 490 g/mol. The molecule has 9 heteroatoms. The minimum Gasteiger partial charge on any atom is -0.497 e. The highest BCUT2D eigenvalue weighted by molar-refractivity contribution is 6.09. The Kier molecular flexibility index (Phi) is 7.10. The number of nitrogens with one attached hydrogen (secondary N) is 1. The maximum absolute atomic E-state index is 12.1. The Balaban J connectivity index is 1.57. The van der Waals surface area contributed by atoms with Gasteiger partial charge >= 0.3 is 6.09 Å². The number of aromatic nitrogens is 3. The number of amides is 1. The van der Waals surface area contributed by atoms with Crippen LogP contribution in [0.5, 0.6) is 11.5 Å². The highest BCUT2D eigenvalue weighted by Crippen LogP contribution is 2.32. The summed E-state index contributed by atoms with van der Waals surface area (Å²) in [5.74, 6) is 1.67. The number of rotatable bonds is 7. The largest absolute Gasteiger partial charge is 0.497 e. The molecule has 0 saturated carbocycles. The van der Waals surface area contributed by atoms with Crippen molar-refractivity contribution in [1.82, 2.24) is 20.3 Å². The van der Waals surface area contributed by atoms with Gasteiger partial charge in [0.2, 0.25) is 0 Å². The molecule has 1 atom stereocenters. The zero-order chi connectivity index (χ0) is 25.9. The van der Waals surface area contributed by atoms with Crippen molar-refractivity contribution < 1.29 is 19.0 Å². The van der Waals surface area contributed by atoms with E-state index in [0.717, 1.165) is 33.0 Å². The second-order valence-corrected chi connectivity index (χ2v) is 9.47. The van der Waals surface area contributed by atoms with E-state index in [1.807, 2.05) is 58.0 Å². The molecule has 36 heavy (non-hydrogen) atoms. The van der Waals surface area contributed by atoms with Gasteiger partial charge in [-0.2, -0.15) is 0 Å². The lowest BCUT2D eigenvalue weighted by Gasteiger charge is -2.23. The standard InChI is InChI=1S/C27H31N5O4/c1-6-17(31-26(33)36-27(2,3)4)15-35-19-9-16(12-29-13-19)23-11-21-20-8-7-18(34-5)10-24(20)30-14-22(21)25(28)32-23/h7-14,17H,6,15H2,1-5H3,(H2,28,32)(H,31,33)/t17-/m1/s1. The SMILES string of the molecule is CC[C@H](COc1cncc(-c2cc3c(cnc4cc(OC)ccc43)c(N)n2)c1)NC(=O)OC(C)(C)C. The molecule has 0 bridgehead atoms. The van der Waals surface area contributed by atoms with E-state index in [0.29, 0.717) is 23.7 Å². The number of benzene rings is 1. The predicted molar refractivity (Wildman–Crippen MR) is 140 cm³/mol. The molecule has 4 rings (SSSR count). The lowest BCUT2D eigenvalue weighted by molar-refractivity contribution is 0.0486. The Morgan fingerprint density at radius 2 is 1.86 bits per heavy atom. The number of anilines is 1. The summed E-state index contributed by atoms with van der Waals surface area (Å²) in [7, 11) is 1.63. The van der Waals surface area contributed by atoms with Gasteiger partial charge in [0, 0.05) is 34.8 Å². The summed E-state index contributed by atoms with van der Waals surface area (Å²) in [5.41, 5.74) is 7.97. The summed E-state index contributed by atoms with van der Waals surface area (Å²) in [6, 6.07) is 9.36. The minimum absolute atomic E-state index is 0.214. The summed E-state index contributed by atoms with van der Waals surface area (Å²) in [6.45, 7) is 7.71. The van der Waals surface area contributed by atoms with Crippen molar-refractivity contribution in [3.05, 3.63) is 48.9 Å². The molecular weight excluding hydrogens is 458 g/mol. The van der Waals surface area contributed by atoms with Crippen LogP contribution in [0.3, 0.4) is 0 Å². The van der Waals surface area contributed by atoms with Gasteiger partial charge in [-0.05, 0) is 56.8 Å². The number of methoxy groups -OCH3 is 1. The summed E-state index contributed by atoms with van der Waals surface area (Å²) < 4.78 is 16.6. The van der Waals surface area contributed by atoms with E-state index in [1.165, 1.54) is 0 Å². The van der Waals surface area contributed by atoms with E-state index in [-0.39, 0.29) is 12.6 Å². The van der Waals surface area contributed by atoms with Gasteiger partial charge in [0.25, 0.3) is 0 Å². The van der Waals surface area contributed by atoms with E-state index in [4.69, 9.17) is 19.9 Å². The van der Waals surface area contributed by atoms with Crippen molar-refractivity contribution in [2.75, 3.05) is 19.5 Å². The van der Waals surface area contributed by atoms with Crippen molar-refractivity contribution in [3.8, 4) is 22.8 Å². The van der Waals surface area contributed by atoms with Crippen LogP contribution in [-0.4, -0.2) is 46.4 Å². The first kappa shape index (κ1) is 25.0. The molecule has 188 valence electrons. The van der Waals surface area contributed by atoms with Crippen molar-refractivity contribution >= 4 is 33.6 Å². The second-order valence-electron chi connectivity index (χ2n) is 9.47. The van der Waals surface area contributed by atoms with Crippen LogP contribution in [0.15, 0.2) is 48.9 Å². The fraction of sp³-hybridized carbons (Fsp3) is 0.333. The van der Waals surface area contributed by atoms with E-state index in [2.05, 4.69) is 20.3 Å². The third-order valence-corrected chi connectivity index (χ3v) is 5.59. The number of hydrogen-bond acceptors (Lipinski definition) is 8. The zero-order valence-corrected chi connectivity index (χ0v) is 21.2. The molecule has 1 amide bonds. The Morgan fingerprint density at radius 3 is 2.58 bits per heavy atom. The van der Waals surface area contributed by atoms with Gasteiger partial charge in [-0.3, -0.25) is 9.97 Å². The maximum Gasteiger partial charge on any atom is 0.407 e. The number of pyridine rings is 3. The third kappa shape index (κ3) is 5.73. The van der Waals surface area contributed by atoms with Gasteiger partial charge in [-0.1, -0.05) is 6.92 Å². The van der Waals surface area contributed by atoms with Crippen molar-refractivity contribution in [1.29, 1.82) is 0 Å². The van der Waals surface area contributed by atoms with Crippen LogP contribution in [0.4, 0.5) is 10.6 Å². The van der Waals surface area contributed by atoms with E-state index < -0.39 is 11.7 Å². The van der Waals surface area contributed by atoms with Crippen molar-refractivity contribution in [2.24, 2.45) is 0 Å². The highest BCUT2D eigenvalue weighted by atomic mass is 16.6. The van der Waals surface area contributed by atoms with E-state index in [9.17, 15) is 4.79 Å². The van der Waals surface area contributed by atoms with E-state index in [1.54, 1.807) is 25.7 Å². The molecule has 0 saturated heterocycles. The number of hydrogen-bond donors (Lipinski definition) is 2. The average Bonchev–Trinajstić information content (AvgIpc) is 2.85. The molecule has 0 aliphatic carbocycles. The number of fused-ring (bicyclic) bond motifs is 3. The molecule has 0 aliphatic heterocycles. The van der Waals surface area contributed by atoms with Gasteiger partial charge in [0.05, 0.1) is 30.6 Å².